The van der Waals surface area contributed by atoms with Crippen molar-refractivity contribution in [1.29, 1.82) is 0 Å². The lowest BCUT2D eigenvalue weighted by molar-refractivity contribution is -0.132. The standard InChI is InChI=1S/C17H24N4O3.ClH/c1-5-23-12(3)16-19-14(24-20-16)10-21(4)17(22)15(18)13-8-6-11(2)7-9-13;/h6-9,12,15H,5,10,18H2,1-4H3;1H. The summed E-state index contributed by atoms with van der Waals surface area (Å²) in [5.74, 6) is 0.607. The Morgan fingerprint density at radius 1 is 1.36 bits per heavy atom. The van der Waals surface area contributed by atoms with Crippen LogP contribution in [-0.2, 0) is 16.1 Å². The number of rotatable bonds is 7. The summed E-state index contributed by atoms with van der Waals surface area (Å²) in [4.78, 5) is 18.2. The van der Waals surface area contributed by atoms with E-state index in [9.17, 15) is 4.79 Å². The average molecular weight is 369 g/mol. The van der Waals surface area contributed by atoms with E-state index < -0.39 is 6.04 Å². The normalized spacial score (nSPS) is 13.0. The van der Waals surface area contributed by atoms with Gasteiger partial charge in [0.2, 0.25) is 11.8 Å². The van der Waals surface area contributed by atoms with Crippen molar-refractivity contribution in [3.05, 3.63) is 47.1 Å². The molecule has 1 heterocycles. The van der Waals surface area contributed by atoms with Gasteiger partial charge in [0.1, 0.15) is 12.1 Å². The number of aromatic nitrogens is 2. The van der Waals surface area contributed by atoms with E-state index in [0.717, 1.165) is 11.1 Å². The van der Waals surface area contributed by atoms with Gasteiger partial charge < -0.3 is 19.9 Å². The number of nitrogens with zero attached hydrogens (tertiary/aromatic N) is 3. The monoisotopic (exact) mass is 368 g/mol. The highest BCUT2D eigenvalue weighted by molar-refractivity contribution is 5.85. The van der Waals surface area contributed by atoms with Crippen molar-refractivity contribution in [2.45, 2.75) is 39.5 Å². The molecule has 2 unspecified atom stereocenters. The predicted octanol–water partition coefficient (Wildman–Crippen LogP) is 2.56. The Morgan fingerprint density at radius 3 is 2.60 bits per heavy atom. The summed E-state index contributed by atoms with van der Waals surface area (Å²) in [5.41, 5.74) is 7.95. The lowest BCUT2D eigenvalue weighted by Gasteiger charge is -2.20. The molecule has 0 aliphatic carbocycles. The molecule has 7 nitrogen and oxygen atoms in total. The molecule has 2 atom stereocenters. The van der Waals surface area contributed by atoms with Gasteiger partial charge in [-0.2, -0.15) is 4.98 Å². The molecule has 2 aromatic rings. The fourth-order valence-electron chi connectivity index (χ4n) is 2.26. The Balaban J connectivity index is 0.00000312. The Hall–Kier alpha value is -1.96. The van der Waals surface area contributed by atoms with E-state index in [0.29, 0.717) is 18.3 Å². The van der Waals surface area contributed by atoms with Crippen molar-refractivity contribution in [2.24, 2.45) is 5.73 Å². The molecule has 138 valence electrons. The lowest BCUT2D eigenvalue weighted by atomic mass is 10.1. The van der Waals surface area contributed by atoms with E-state index >= 15 is 0 Å². The summed E-state index contributed by atoms with van der Waals surface area (Å²) in [5, 5.41) is 3.88. The SMILES string of the molecule is CCOC(C)c1noc(CN(C)C(=O)C(N)c2ccc(C)cc2)n1.Cl. The van der Waals surface area contributed by atoms with Crippen LogP contribution in [-0.4, -0.2) is 34.6 Å². The van der Waals surface area contributed by atoms with Crippen LogP contribution in [0, 0.1) is 6.92 Å². The van der Waals surface area contributed by atoms with Crippen LogP contribution in [0.1, 0.15) is 48.8 Å². The van der Waals surface area contributed by atoms with Crippen LogP contribution in [0.4, 0.5) is 0 Å². The molecule has 2 rings (SSSR count). The van der Waals surface area contributed by atoms with Gasteiger partial charge in [-0.25, -0.2) is 0 Å². The third-order valence-electron chi connectivity index (χ3n) is 3.72. The maximum absolute atomic E-state index is 12.5. The van der Waals surface area contributed by atoms with E-state index in [1.165, 1.54) is 4.90 Å². The molecule has 0 fully saturated rings. The van der Waals surface area contributed by atoms with E-state index in [1.807, 2.05) is 45.0 Å². The molecule has 0 spiro atoms. The third kappa shape index (κ3) is 5.52. The molecule has 2 N–H and O–H groups in total. The number of benzene rings is 1. The van der Waals surface area contributed by atoms with Crippen molar-refractivity contribution in [1.82, 2.24) is 15.0 Å². The van der Waals surface area contributed by atoms with Gasteiger partial charge in [-0.3, -0.25) is 4.79 Å². The Morgan fingerprint density at radius 2 is 2.00 bits per heavy atom. The quantitative estimate of drug-likeness (QED) is 0.807. The predicted molar refractivity (Wildman–Crippen MR) is 96.2 cm³/mol. The Kier molecular flexibility index (Phi) is 8.02. The van der Waals surface area contributed by atoms with Crippen LogP contribution < -0.4 is 5.73 Å². The molecule has 0 aliphatic rings. The molecular formula is C17H25ClN4O3. The molecule has 25 heavy (non-hydrogen) atoms. The summed E-state index contributed by atoms with van der Waals surface area (Å²) in [6, 6.07) is 6.87. The zero-order valence-corrected chi connectivity index (χ0v) is 15.7. The van der Waals surface area contributed by atoms with Crippen LogP contribution in [0.15, 0.2) is 28.8 Å². The van der Waals surface area contributed by atoms with Gasteiger partial charge in [0, 0.05) is 13.7 Å². The lowest BCUT2D eigenvalue weighted by Crippen LogP contribution is -2.35. The number of carbonyl (C=O) groups excluding carboxylic acids is 1. The van der Waals surface area contributed by atoms with E-state index in [1.54, 1.807) is 7.05 Å². The Labute approximate surface area is 153 Å². The van der Waals surface area contributed by atoms with Gasteiger partial charge in [-0.15, -0.1) is 12.4 Å². The summed E-state index contributed by atoms with van der Waals surface area (Å²) in [7, 11) is 1.66. The highest BCUT2D eigenvalue weighted by Crippen LogP contribution is 2.16. The average Bonchev–Trinajstić information content (AvgIpc) is 3.03. The summed E-state index contributed by atoms with van der Waals surface area (Å²) in [6.45, 7) is 6.50. The Bertz CT molecular complexity index is 675. The van der Waals surface area contributed by atoms with Crippen molar-refractivity contribution in [2.75, 3.05) is 13.7 Å². The number of ether oxygens (including phenoxy) is 1. The minimum Gasteiger partial charge on any atom is -0.371 e. The molecule has 0 saturated heterocycles. The van der Waals surface area contributed by atoms with Crippen LogP contribution in [0.2, 0.25) is 0 Å². The van der Waals surface area contributed by atoms with Gasteiger partial charge in [0.15, 0.2) is 5.82 Å². The number of hydrogen-bond acceptors (Lipinski definition) is 6. The number of amides is 1. The second kappa shape index (κ2) is 9.50. The molecule has 1 aromatic heterocycles. The summed E-state index contributed by atoms with van der Waals surface area (Å²) in [6.07, 6.45) is -0.247. The molecular weight excluding hydrogens is 344 g/mol. The number of halogens is 1. The van der Waals surface area contributed by atoms with Crippen molar-refractivity contribution >= 4 is 18.3 Å². The van der Waals surface area contributed by atoms with Crippen molar-refractivity contribution < 1.29 is 14.1 Å². The van der Waals surface area contributed by atoms with Gasteiger partial charge >= 0.3 is 0 Å². The molecule has 0 radical (unpaired) electrons. The fourth-order valence-corrected chi connectivity index (χ4v) is 2.26. The minimum absolute atomic E-state index is 0. The first-order chi connectivity index (χ1) is 11.4. The second-order valence-corrected chi connectivity index (χ2v) is 5.73. The molecule has 0 aliphatic heterocycles. The molecule has 0 saturated carbocycles. The number of nitrogens with two attached hydrogens (primary N) is 1. The van der Waals surface area contributed by atoms with Crippen LogP contribution in [0.3, 0.4) is 0 Å². The number of carbonyl (C=O) groups is 1. The summed E-state index contributed by atoms with van der Waals surface area (Å²) < 4.78 is 10.6. The zero-order chi connectivity index (χ0) is 17.7. The first-order valence-corrected chi connectivity index (χ1v) is 7.93. The third-order valence-corrected chi connectivity index (χ3v) is 3.72. The molecule has 0 bridgehead atoms. The van der Waals surface area contributed by atoms with Gasteiger partial charge in [0.25, 0.3) is 0 Å². The number of likely N-dealkylation sites (N-methyl/N-ethyl adjacent to an activating group) is 1. The zero-order valence-electron chi connectivity index (χ0n) is 14.9. The van der Waals surface area contributed by atoms with Gasteiger partial charge in [0.05, 0.1) is 6.54 Å². The topological polar surface area (TPSA) is 94.5 Å². The molecule has 1 aromatic carbocycles. The minimum atomic E-state index is -0.722. The highest BCUT2D eigenvalue weighted by Gasteiger charge is 2.22. The summed E-state index contributed by atoms with van der Waals surface area (Å²) >= 11 is 0. The van der Waals surface area contributed by atoms with E-state index in [-0.39, 0.29) is 31.0 Å². The second-order valence-electron chi connectivity index (χ2n) is 5.73. The van der Waals surface area contributed by atoms with E-state index in [4.69, 9.17) is 15.0 Å². The first kappa shape index (κ1) is 21.1. The number of hydrogen-bond donors (Lipinski definition) is 1. The first-order valence-electron chi connectivity index (χ1n) is 7.93. The van der Waals surface area contributed by atoms with Crippen molar-refractivity contribution in [3.63, 3.8) is 0 Å². The van der Waals surface area contributed by atoms with Crippen LogP contribution >= 0.6 is 12.4 Å². The highest BCUT2D eigenvalue weighted by atomic mass is 35.5. The van der Waals surface area contributed by atoms with E-state index in [2.05, 4.69) is 10.1 Å². The van der Waals surface area contributed by atoms with Crippen LogP contribution in [0.25, 0.3) is 0 Å². The maximum atomic E-state index is 12.5. The largest absolute Gasteiger partial charge is 0.371 e. The van der Waals surface area contributed by atoms with Crippen LogP contribution in [0.5, 0.6) is 0 Å². The fraction of sp³-hybridized carbons (Fsp3) is 0.471. The maximum Gasteiger partial charge on any atom is 0.246 e. The van der Waals surface area contributed by atoms with Crippen molar-refractivity contribution in [3.8, 4) is 0 Å². The smallest absolute Gasteiger partial charge is 0.246 e. The van der Waals surface area contributed by atoms with Gasteiger partial charge in [-0.1, -0.05) is 35.0 Å². The number of aryl methyl sites for hydroxylation is 1. The molecule has 8 heteroatoms. The molecule has 1 amide bonds. The van der Waals surface area contributed by atoms with Gasteiger partial charge in [-0.05, 0) is 26.3 Å².